The van der Waals surface area contributed by atoms with Gasteiger partial charge in [-0.05, 0) is 50.9 Å². The van der Waals surface area contributed by atoms with E-state index in [1.54, 1.807) is 0 Å². The molecule has 130 valence electrons. The number of rotatable bonds is 3. The number of amidine groups is 1. The molecule has 0 unspecified atom stereocenters. The van der Waals surface area contributed by atoms with Crippen molar-refractivity contribution in [1.82, 2.24) is 5.32 Å². The van der Waals surface area contributed by atoms with Gasteiger partial charge in [0.25, 0.3) is 5.91 Å². The molecule has 1 aliphatic heterocycles. The number of halogens is 3. The van der Waals surface area contributed by atoms with Crippen LogP contribution in [0.15, 0.2) is 4.99 Å². The zero-order chi connectivity index (χ0) is 16.5. The largest absolute Gasteiger partial charge is 0.389 e. The topological polar surface area (TPSA) is 41.5 Å². The van der Waals surface area contributed by atoms with Crippen molar-refractivity contribution >= 4 is 11.7 Å². The normalized spacial score (nSPS) is 31.1. The summed E-state index contributed by atoms with van der Waals surface area (Å²) in [4.78, 5) is 17.1. The van der Waals surface area contributed by atoms with Crippen molar-refractivity contribution in [3.05, 3.63) is 0 Å². The molecule has 0 saturated heterocycles. The molecule has 0 atom stereocenters. The van der Waals surface area contributed by atoms with Crippen LogP contribution in [0.1, 0.15) is 70.6 Å². The highest BCUT2D eigenvalue weighted by molar-refractivity contribution is 6.09. The minimum Gasteiger partial charge on any atom is -0.312 e. The molecule has 2 saturated carbocycles. The zero-order valence-electron chi connectivity index (χ0n) is 13.4. The van der Waals surface area contributed by atoms with Gasteiger partial charge in [0.15, 0.2) is 0 Å². The maximum atomic E-state index is 12.3. The summed E-state index contributed by atoms with van der Waals surface area (Å²) in [6.07, 6.45) is 3.76. The predicted molar refractivity (Wildman–Crippen MR) is 82.1 cm³/mol. The number of carbonyl (C=O) groups is 1. The highest BCUT2D eigenvalue weighted by Gasteiger charge is 2.45. The first-order chi connectivity index (χ1) is 10.9. The van der Waals surface area contributed by atoms with Crippen molar-refractivity contribution < 1.29 is 18.0 Å². The van der Waals surface area contributed by atoms with Crippen LogP contribution < -0.4 is 5.32 Å². The number of nitrogens with zero attached hydrogens (tertiary/aromatic N) is 1. The maximum absolute atomic E-state index is 12.3. The molecule has 0 aromatic rings. The Morgan fingerprint density at radius 2 is 1.74 bits per heavy atom. The molecular weight excluding hydrogens is 305 g/mol. The van der Waals surface area contributed by atoms with Gasteiger partial charge in [-0.1, -0.05) is 19.3 Å². The Labute approximate surface area is 135 Å². The van der Waals surface area contributed by atoms with Crippen LogP contribution in [0.4, 0.5) is 13.2 Å². The lowest BCUT2D eigenvalue weighted by Crippen LogP contribution is -2.42. The first kappa shape index (κ1) is 16.8. The fourth-order valence-electron chi connectivity index (χ4n) is 4.30. The molecule has 1 amide bonds. The lowest BCUT2D eigenvalue weighted by molar-refractivity contribution is -0.138. The third-order valence-corrected chi connectivity index (χ3v) is 5.75. The average molecular weight is 330 g/mol. The van der Waals surface area contributed by atoms with Gasteiger partial charge in [0, 0.05) is 12.3 Å². The Hall–Kier alpha value is -1.07. The summed E-state index contributed by atoms with van der Waals surface area (Å²) >= 11 is 0. The van der Waals surface area contributed by atoms with E-state index in [0.29, 0.717) is 0 Å². The van der Waals surface area contributed by atoms with Crippen LogP contribution in [0.25, 0.3) is 0 Å². The maximum Gasteiger partial charge on any atom is 0.389 e. The Morgan fingerprint density at radius 1 is 1.09 bits per heavy atom. The molecule has 0 aromatic heterocycles. The van der Waals surface area contributed by atoms with Crippen molar-refractivity contribution in [2.45, 2.75) is 82.3 Å². The number of nitrogens with one attached hydrogen (secondary N) is 1. The summed E-state index contributed by atoms with van der Waals surface area (Å²) < 4.78 is 36.9. The number of alkyl halides is 3. The zero-order valence-corrected chi connectivity index (χ0v) is 13.4. The standard InChI is InChI=1S/C17H25F3N2O/c18-17(19,20)11-8-12-4-6-13(7-5-12)14-21-15(23)16(22-14)9-2-1-3-10-16/h12-13H,1-11H2,(H,21,22,23). The van der Waals surface area contributed by atoms with Crippen LogP contribution in [0.5, 0.6) is 0 Å². The summed E-state index contributed by atoms with van der Waals surface area (Å²) in [5.41, 5.74) is -0.527. The number of aliphatic imine (C=N–C) groups is 1. The summed E-state index contributed by atoms with van der Waals surface area (Å²) in [5.74, 6) is 1.24. The van der Waals surface area contributed by atoms with Crippen LogP contribution in [-0.4, -0.2) is 23.5 Å². The second-order valence-electron chi connectivity index (χ2n) is 7.41. The van der Waals surface area contributed by atoms with E-state index in [4.69, 9.17) is 4.99 Å². The number of hydrogen-bond donors (Lipinski definition) is 1. The molecule has 3 aliphatic rings. The van der Waals surface area contributed by atoms with Gasteiger partial charge < -0.3 is 5.32 Å². The van der Waals surface area contributed by atoms with Gasteiger partial charge in [-0.3, -0.25) is 9.79 Å². The smallest absolute Gasteiger partial charge is 0.312 e. The monoisotopic (exact) mass is 330 g/mol. The minimum absolute atomic E-state index is 0.0476. The van der Waals surface area contributed by atoms with Crippen molar-refractivity contribution in [2.24, 2.45) is 16.8 Å². The molecule has 6 heteroatoms. The molecule has 1 heterocycles. The quantitative estimate of drug-likeness (QED) is 0.820. The van der Waals surface area contributed by atoms with Gasteiger partial charge in [0.2, 0.25) is 0 Å². The highest BCUT2D eigenvalue weighted by Crippen LogP contribution is 2.39. The Balaban J connectivity index is 1.54. The van der Waals surface area contributed by atoms with Gasteiger partial charge in [0.1, 0.15) is 11.4 Å². The van der Waals surface area contributed by atoms with Crippen LogP contribution in [0.2, 0.25) is 0 Å². The third-order valence-electron chi connectivity index (χ3n) is 5.75. The molecule has 3 rings (SSSR count). The second kappa shape index (κ2) is 6.44. The van der Waals surface area contributed by atoms with Gasteiger partial charge in [-0.2, -0.15) is 13.2 Å². The Kier molecular flexibility index (Phi) is 4.70. The molecule has 3 nitrogen and oxygen atoms in total. The van der Waals surface area contributed by atoms with E-state index in [1.165, 1.54) is 6.42 Å². The summed E-state index contributed by atoms with van der Waals surface area (Å²) in [6.45, 7) is 0. The van der Waals surface area contributed by atoms with Crippen LogP contribution >= 0.6 is 0 Å². The SMILES string of the molecule is O=C1NC(C2CCC(CCC(F)(F)F)CC2)=NC12CCCCC2. The van der Waals surface area contributed by atoms with Crippen molar-refractivity contribution in [3.8, 4) is 0 Å². The van der Waals surface area contributed by atoms with E-state index in [2.05, 4.69) is 5.32 Å². The molecule has 0 bridgehead atoms. The first-order valence-electron chi connectivity index (χ1n) is 8.86. The average Bonchev–Trinajstić information content (AvgIpc) is 2.82. The first-order valence-corrected chi connectivity index (χ1v) is 8.86. The van der Waals surface area contributed by atoms with E-state index in [1.807, 2.05) is 0 Å². The van der Waals surface area contributed by atoms with Gasteiger partial charge in [-0.25, -0.2) is 0 Å². The highest BCUT2D eigenvalue weighted by atomic mass is 19.4. The molecule has 2 fully saturated rings. The van der Waals surface area contributed by atoms with Crippen molar-refractivity contribution in [2.75, 3.05) is 0 Å². The Bertz CT molecular complexity index is 473. The van der Waals surface area contributed by atoms with Crippen LogP contribution in [0, 0.1) is 11.8 Å². The second-order valence-corrected chi connectivity index (χ2v) is 7.41. The fourth-order valence-corrected chi connectivity index (χ4v) is 4.30. The minimum atomic E-state index is -4.05. The molecule has 0 aromatic carbocycles. The number of hydrogen-bond acceptors (Lipinski definition) is 2. The van der Waals surface area contributed by atoms with Gasteiger partial charge >= 0.3 is 6.18 Å². The fraction of sp³-hybridized carbons (Fsp3) is 0.882. The molecule has 0 radical (unpaired) electrons. The molecule has 23 heavy (non-hydrogen) atoms. The molecular formula is C17H25F3N2O. The molecule has 1 N–H and O–H groups in total. The third kappa shape index (κ3) is 3.89. The predicted octanol–water partition coefficient (Wildman–Crippen LogP) is 4.37. The summed E-state index contributed by atoms with van der Waals surface area (Å²) in [6, 6.07) is 0. The van der Waals surface area contributed by atoms with E-state index in [-0.39, 0.29) is 24.2 Å². The van der Waals surface area contributed by atoms with Crippen molar-refractivity contribution in [1.29, 1.82) is 0 Å². The molecule has 1 spiro atoms. The Morgan fingerprint density at radius 3 is 2.35 bits per heavy atom. The molecule has 2 aliphatic carbocycles. The lowest BCUT2D eigenvalue weighted by Gasteiger charge is -2.29. The number of amides is 1. The van der Waals surface area contributed by atoms with E-state index in [9.17, 15) is 18.0 Å². The lowest BCUT2D eigenvalue weighted by atomic mass is 9.79. The summed E-state index contributed by atoms with van der Waals surface area (Å²) in [7, 11) is 0. The van der Waals surface area contributed by atoms with E-state index >= 15 is 0 Å². The van der Waals surface area contributed by atoms with Crippen LogP contribution in [0.3, 0.4) is 0 Å². The van der Waals surface area contributed by atoms with Gasteiger partial charge in [-0.15, -0.1) is 0 Å². The van der Waals surface area contributed by atoms with Crippen LogP contribution in [-0.2, 0) is 4.79 Å². The van der Waals surface area contributed by atoms with Gasteiger partial charge in [0.05, 0.1) is 0 Å². The van der Waals surface area contributed by atoms with E-state index in [0.717, 1.165) is 57.2 Å². The van der Waals surface area contributed by atoms with Crippen molar-refractivity contribution in [3.63, 3.8) is 0 Å². The van der Waals surface area contributed by atoms with E-state index < -0.39 is 18.1 Å². The number of carbonyl (C=O) groups excluding carboxylic acids is 1. The summed E-state index contributed by atoms with van der Waals surface area (Å²) in [5, 5.41) is 2.99.